The van der Waals surface area contributed by atoms with Crippen LogP contribution in [0.2, 0.25) is 0 Å². The Balaban J connectivity index is 1.88. The van der Waals surface area contributed by atoms with Gasteiger partial charge in [0.05, 0.1) is 34.2 Å². The van der Waals surface area contributed by atoms with E-state index in [2.05, 4.69) is 0 Å². The van der Waals surface area contributed by atoms with Gasteiger partial charge in [0.15, 0.2) is 11.5 Å². The fourth-order valence-corrected chi connectivity index (χ4v) is 4.58. The summed E-state index contributed by atoms with van der Waals surface area (Å²) in [6.45, 7) is 1.03. The predicted octanol–water partition coefficient (Wildman–Crippen LogP) is 2.86. The SMILES string of the molecule is COc1cc(C(=O)N2CCC(CCOS(C)(=O)=O)(c3ccccc3)C2)cc(OC)c1OC. The van der Waals surface area contributed by atoms with Crippen LogP contribution in [0.5, 0.6) is 17.2 Å². The van der Waals surface area contributed by atoms with Crippen molar-refractivity contribution in [3.63, 3.8) is 0 Å². The predicted molar refractivity (Wildman–Crippen MR) is 120 cm³/mol. The molecule has 2 aromatic carbocycles. The lowest BCUT2D eigenvalue weighted by Crippen LogP contribution is -2.35. The largest absolute Gasteiger partial charge is 0.493 e. The molecule has 1 fully saturated rings. The normalized spacial score (nSPS) is 18.4. The highest BCUT2D eigenvalue weighted by Crippen LogP contribution is 2.41. The molecule has 2 aromatic rings. The van der Waals surface area contributed by atoms with E-state index >= 15 is 0 Å². The third-order valence-electron chi connectivity index (χ3n) is 5.82. The zero-order valence-electron chi connectivity index (χ0n) is 18.8. The fourth-order valence-electron chi connectivity index (χ4n) is 4.20. The van der Waals surface area contributed by atoms with Gasteiger partial charge in [0.1, 0.15) is 0 Å². The first-order chi connectivity index (χ1) is 15.2. The minimum atomic E-state index is -3.54. The van der Waals surface area contributed by atoms with Gasteiger partial charge in [0, 0.05) is 24.1 Å². The van der Waals surface area contributed by atoms with Crippen molar-refractivity contribution in [2.24, 2.45) is 0 Å². The molecule has 0 N–H and O–H groups in total. The molecule has 1 unspecified atom stereocenters. The quantitative estimate of drug-likeness (QED) is 0.528. The van der Waals surface area contributed by atoms with Gasteiger partial charge in [-0.15, -0.1) is 0 Å². The molecule has 0 aliphatic carbocycles. The number of ether oxygens (including phenoxy) is 3. The third-order valence-corrected chi connectivity index (χ3v) is 6.41. The van der Waals surface area contributed by atoms with Crippen LogP contribution in [0.1, 0.15) is 28.8 Å². The molecule has 9 heteroatoms. The van der Waals surface area contributed by atoms with Crippen molar-refractivity contribution in [3.05, 3.63) is 53.6 Å². The van der Waals surface area contributed by atoms with Gasteiger partial charge in [0.2, 0.25) is 5.75 Å². The molecule has 1 saturated heterocycles. The number of benzene rings is 2. The molecule has 0 bridgehead atoms. The molecule has 3 rings (SSSR count). The molecule has 1 heterocycles. The molecule has 1 aliphatic heterocycles. The van der Waals surface area contributed by atoms with Gasteiger partial charge in [-0.05, 0) is 30.5 Å². The van der Waals surface area contributed by atoms with E-state index < -0.39 is 15.5 Å². The lowest BCUT2D eigenvalue weighted by molar-refractivity contribution is 0.0779. The van der Waals surface area contributed by atoms with E-state index in [1.807, 2.05) is 30.3 Å². The molecule has 174 valence electrons. The first-order valence-electron chi connectivity index (χ1n) is 10.2. The maximum atomic E-state index is 13.4. The Morgan fingerprint density at radius 1 is 1.03 bits per heavy atom. The maximum Gasteiger partial charge on any atom is 0.264 e. The highest BCUT2D eigenvalue weighted by molar-refractivity contribution is 7.85. The summed E-state index contributed by atoms with van der Waals surface area (Å²) in [5.41, 5.74) is 1.08. The maximum absolute atomic E-state index is 13.4. The van der Waals surface area contributed by atoms with Crippen molar-refractivity contribution in [2.75, 3.05) is 47.3 Å². The molecule has 0 saturated carbocycles. The first kappa shape index (κ1) is 23.9. The number of rotatable bonds is 9. The Morgan fingerprint density at radius 3 is 2.19 bits per heavy atom. The summed E-state index contributed by atoms with van der Waals surface area (Å²) >= 11 is 0. The molecule has 32 heavy (non-hydrogen) atoms. The molecule has 0 spiro atoms. The number of amides is 1. The summed E-state index contributed by atoms with van der Waals surface area (Å²) in [5.74, 6) is 1.08. The standard InChI is InChI=1S/C23H29NO7S/c1-28-19-14-17(15-20(29-2)21(19)30-3)22(25)24-12-10-23(16-24,11-13-31-32(4,26)27)18-8-6-5-7-9-18/h5-9,14-15H,10-13,16H2,1-4H3. The number of likely N-dealkylation sites (tertiary alicyclic amines) is 1. The lowest BCUT2D eigenvalue weighted by atomic mass is 9.77. The smallest absolute Gasteiger partial charge is 0.264 e. The Labute approximate surface area is 189 Å². The van der Waals surface area contributed by atoms with Gasteiger partial charge in [-0.2, -0.15) is 8.42 Å². The summed E-state index contributed by atoms with van der Waals surface area (Å²) < 4.78 is 44.0. The molecule has 0 radical (unpaired) electrons. The van der Waals surface area contributed by atoms with E-state index in [9.17, 15) is 13.2 Å². The minimum absolute atomic E-state index is 0.0555. The Kier molecular flexibility index (Phi) is 7.30. The van der Waals surface area contributed by atoms with Gasteiger partial charge < -0.3 is 19.1 Å². The molecule has 1 amide bonds. The number of hydrogen-bond donors (Lipinski definition) is 0. The van der Waals surface area contributed by atoms with Crippen LogP contribution < -0.4 is 14.2 Å². The highest BCUT2D eigenvalue weighted by Gasteiger charge is 2.41. The molecular formula is C23H29NO7S. The number of methoxy groups -OCH3 is 3. The van der Waals surface area contributed by atoms with Crippen LogP contribution in [0.3, 0.4) is 0 Å². The first-order valence-corrected chi connectivity index (χ1v) is 12.0. The van der Waals surface area contributed by atoms with E-state index in [-0.39, 0.29) is 12.5 Å². The zero-order chi connectivity index (χ0) is 23.4. The van der Waals surface area contributed by atoms with Crippen molar-refractivity contribution >= 4 is 16.0 Å². The topological polar surface area (TPSA) is 91.4 Å². The average Bonchev–Trinajstić information content (AvgIpc) is 3.22. The van der Waals surface area contributed by atoms with Gasteiger partial charge >= 0.3 is 0 Å². The van der Waals surface area contributed by atoms with E-state index in [0.717, 1.165) is 11.8 Å². The van der Waals surface area contributed by atoms with Crippen molar-refractivity contribution < 1.29 is 31.6 Å². The minimum Gasteiger partial charge on any atom is -0.493 e. The van der Waals surface area contributed by atoms with Crippen LogP contribution in [-0.4, -0.2) is 66.5 Å². The molecule has 0 aromatic heterocycles. The van der Waals surface area contributed by atoms with Crippen LogP contribution in [0, 0.1) is 0 Å². The van der Waals surface area contributed by atoms with Crippen molar-refractivity contribution in [1.82, 2.24) is 4.90 Å². The molecule has 8 nitrogen and oxygen atoms in total. The summed E-state index contributed by atoms with van der Waals surface area (Å²) in [6, 6.07) is 13.1. The van der Waals surface area contributed by atoms with Crippen LogP contribution in [0.25, 0.3) is 0 Å². The Morgan fingerprint density at radius 2 is 1.66 bits per heavy atom. The summed E-state index contributed by atoms with van der Waals surface area (Å²) in [6.07, 6.45) is 2.21. The molecular weight excluding hydrogens is 434 g/mol. The van der Waals surface area contributed by atoms with Crippen molar-refractivity contribution in [2.45, 2.75) is 18.3 Å². The van der Waals surface area contributed by atoms with Crippen LogP contribution in [-0.2, 0) is 19.7 Å². The van der Waals surface area contributed by atoms with E-state index in [1.54, 1.807) is 17.0 Å². The van der Waals surface area contributed by atoms with E-state index in [1.165, 1.54) is 21.3 Å². The molecule has 1 atom stereocenters. The zero-order valence-corrected chi connectivity index (χ0v) is 19.6. The number of carbonyl (C=O) groups excluding carboxylic acids is 1. The van der Waals surface area contributed by atoms with Gasteiger partial charge in [-0.3, -0.25) is 8.98 Å². The summed E-state index contributed by atoms with van der Waals surface area (Å²) in [4.78, 5) is 15.2. The second-order valence-corrected chi connectivity index (χ2v) is 9.46. The van der Waals surface area contributed by atoms with Crippen molar-refractivity contribution in [3.8, 4) is 17.2 Å². The van der Waals surface area contributed by atoms with Crippen LogP contribution in [0.4, 0.5) is 0 Å². The Bertz CT molecular complexity index is 1030. The number of hydrogen-bond acceptors (Lipinski definition) is 7. The second-order valence-electron chi connectivity index (χ2n) is 7.81. The Hall–Kier alpha value is -2.78. The van der Waals surface area contributed by atoms with Gasteiger partial charge in [-0.1, -0.05) is 30.3 Å². The summed E-state index contributed by atoms with van der Waals surface area (Å²) in [7, 11) is 0.976. The average molecular weight is 464 g/mol. The number of carbonyl (C=O) groups is 1. The lowest BCUT2D eigenvalue weighted by Gasteiger charge is -2.30. The molecule has 1 aliphatic rings. The van der Waals surface area contributed by atoms with Crippen LogP contribution in [0.15, 0.2) is 42.5 Å². The van der Waals surface area contributed by atoms with E-state index in [0.29, 0.717) is 48.7 Å². The third kappa shape index (κ3) is 5.16. The summed E-state index contributed by atoms with van der Waals surface area (Å²) in [5, 5.41) is 0. The van der Waals surface area contributed by atoms with Gasteiger partial charge in [-0.25, -0.2) is 0 Å². The van der Waals surface area contributed by atoms with E-state index in [4.69, 9.17) is 18.4 Å². The monoisotopic (exact) mass is 463 g/mol. The highest BCUT2D eigenvalue weighted by atomic mass is 32.2. The second kappa shape index (κ2) is 9.79. The number of nitrogens with zero attached hydrogens (tertiary/aromatic N) is 1. The van der Waals surface area contributed by atoms with Crippen LogP contribution >= 0.6 is 0 Å². The van der Waals surface area contributed by atoms with Crippen molar-refractivity contribution in [1.29, 1.82) is 0 Å². The van der Waals surface area contributed by atoms with Gasteiger partial charge in [0.25, 0.3) is 16.0 Å². The fraction of sp³-hybridized carbons (Fsp3) is 0.435.